The first-order valence-corrected chi connectivity index (χ1v) is 12.0. The van der Waals surface area contributed by atoms with E-state index in [0.29, 0.717) is 28.7 Å². The highest BCUT2D eigenvalue weighted by Gasteiger charge is 2.54. The Labute approximate surface area is 196 Å². The molecule has 1 aliphatic carbocycles. The van der Waals surface area contributed by atoms with Gasteiger partial charge in [0.25, 0.3) is 11.8 Å². The number of hydrogen-bond donors (Lipinski definition) is 1. The molecule has 1 saturated heterocycles. The van der Waals surface area contributed by atoms with E-state index < -0.39 is 0 Å². The summed E-state index contributed by atoms with van der Waals surface area (Å²) in [6.07, 6.45) is 1.94. The fraction of sp³-hybridized carbons (Fsp3) is 0.320. The maximum atomic E-state index is 13.7. The van der Waals surface area contributed by atoms with Gasteiger partial charge in [0, 0.05) is 12.6 Å². The zero-order valence-corrected chi connectivity index (χ0v) is 19.5. The number of halogens is 1. The third kappa shape index (κ3) is 3.93. The second-order valence-electron chi connectivity index (χ2n) is 8.64. The van der Waals surface area contributed by atoms with Crippen molar-refractivity contribution in [3.05, 3.63) is 75.4 Å². The van der Waals surface area contributed by atoms with E-state index in [-0.39, 0.29) is 23.9 Å². The van der Waals surface area contributed by atoms with E-state index in [4.69, 9.17) is 11.6 Å². The second kappa shape index (κ2) is 8.34. The number of nitrogens with one attached hydrogen (secondary N) is 1. The Morgan fingerprint density at radius 1 is 1.16 bits per heavy atom. The summed E-state index contributed by atoms with van der Waals surface area (Å²) in [5.41, 5.74) is 3.14. The topological polar surface area (TPSA) is 62.3 Å². The van der Waals surface area contributed by atoms with Crippen molar-refractivity contribution in [2.75, 3.05) is 6.54 Å². The first-order chi connectivity index (χ1) is 15.4. The van der Waals surface area contributed by atoms with Crippen LogP contribution in [0.1, 0.15) is 44.3 Å². The lowest BCUT2D eigenvalue weighted by Gasteiger charge is -2.27. The minimum Gasteiger partial charge on any atom is -0.350 e. The van der Waals surface area contributed by atoms with Crippen LogP contribution in [0.25, 0.3) is 10.4 Å². The number of likely N-dealkylation sites (tertiary alicyclic amines) is 1. The van der Waals surface area contributed by atoms with Crippen LogP contribution in [0.4, 0.5) is 0 Å². The van der Waals surface area contributed by atoms with E-state index in [1.54, 1.807) is 35.6 Å². The van der Waals surface area contributed by atoms with Crippen LogP contribution in [0.15, 0.2) is 48.5 Å². The van der Waals surface area contributed by atoms with Gasteiger partial charge in [0.2, 0.25) is 0 Å². The van der Waals surface area contributed by atoms with Gasteiger partial charge in [0.15, 0.2) is 0 Å². The molecule has 32 heavy (non-hydrogen) atoms. The molecule has 5 nitrogen and oxygen atoms in total. The van der Waals surface area contributed by atoms with Gasteiger partial charge in [0.1, 0.15) is 5.69 Å². The number of aryl methyl sites for hydroxylation is 2. The Bertz CT molecular complexity index is 1210. The second-order valence-corrected chi connectivity index (χ2v) is 10.2. The molecule has 0 radical (unpaired) electrons. The number of benzene rings is 2. The molecule has 1 aromatic heterocycles. The summed E-state index contributed by atoms with van der Waals surface area (Å²) in [5.74, 6) is 0.268. The average Bonchev–Trinajstić information content (AvgIpc) is 3.26. The largest absolute Gasteiger partial charge is 0.350 e. The number of piperidine rings is 1. The van der Waals surface area contributed by atoms with Gasteiger partial charge >= 0.3 is 0 Å². The van der Waals surface area contributed by atoms with Crippen molar-refractivity contribution >= 4 is 34.8 Å². The van der Waals surface area contributed by atoms with Crippen LogP contribution < -0.4 is 5.32 Å². The highest BCUT2D eigenvalue weighted by atomic mass is 35.5. The Hall–Kier alpha value is -2.70. The van der Waals surface area contributed by atoms with Gasteiger partial charge in [0.05, 0.1) is 26.5 Å². The lowest BCUT2D eigenvalue weighted by Crippen LogP contribution is -2.45. The number of nitrogens with zero attached hydrogens (tertiary/aromatic N) is 2. The maximum Gasteiger partial charge on any atom is 0.274 e. The SMILES string of the molecule is Cc1cccc(-c2sc(C)nc2C(=O)N2C3C[C@H]3C[C@H]2CNC(=O)c2ccccc2Cl)c1. The Kier molecular flexibility index (Phi) is 5.51. The predicted molar refractivity (Wildman–Crippen MR) is 127 cm³/mol. The van der Waals surface area contributed by atoms with Crippen molar-refractivity contribution in [1.29, 1.82) is 0 Å². The van der Waals surface area contributed by atoms with Crippen molar-refractivity contribution in [3.63, 3.8) is 0 Å². The molecule has 7 heteroatoms. The van der Waals surface area contributed by atoms with Gasteiger partial charge in [-0.15, -0.1) is 11.3 Å². The third-order valence-electron chi connectivity index (χ3n) is 6.28. The van der Waals surface area contributed by atoms with Crippen LogP contribution in [-0.2, 0) is 0 Å². The fourth-order valence-corrected chi connectivity index (χ4v) is 5.81. The monoisotopic (exact) mass is 465 g/mol. The molecule has 2 amide bonds. The quantitative estimate of drug-likeness (QED) is 0.569. The number of carbonyl (C=O) groups is 2. The molecule has 0 spiro atoms. The maximum absolute atomic E-state index is 13.7. The summed E-state index contributed by atoms with van der Waals surface area (Å²) in [5, 5.41) is 4.28. The van der Waals surface area contributed by atoms with Crippen LogP contribution in [0.3, 0.4) is 0 Å². The van der Waals surface area contributed by atoms with Gasteiger partial charge in [-0.2, -0.15) is 0 Å². The molecule has 1 aliphatic heterocycles. The summed E-state index contributed by atoms with van der Waals surface area (Å²) in [6.45, 7) is 4.39. The Morgan fingerprint density at radius 3 is 2.75 bits per heavy atom. The Balaban J connectivity index is 1.37. The number of rotatable bonds is 5. The molecule has 0 bridgehead atoms. The third-order valence-corrected chi connectivity index (χ3v) is 7.63. The summed E-state index contributed by atoms with van der Waals surface area (Å²) in [6, 6.07) is 15.4. The number of amides is 2. The van der Waals surface area contributed by atoms with Crippen LogP contribution in [-0.4, -0.2) is 40.3 Å². The predicted octanol–water partition coefficient (Wildman–Crippen LogP) is 5.11. The molecule has 2 aliphatic rings. The minimum absolute atomic E-state index is 0.0344. The first-order valence-electron chi connectivity index (χ1n) is 10.8. The number of fused-ring (bicyclic) bond motifs is 1. The van der Waals surface area contributed by atoms with Crippen molar-refractivity contribution < 1.29 is 9.59 Å². The van der Waals surface area contributed by atoms with E-state index in [1.165, 1.54) is 0 Å². The van der Waals surface area contributed by atoms with Crippen LogP contribution in [0.5, 0.6) is 0 Å². The highest BCUT2D eigenvalue weighted by Crippen LogP contribution is 2.48. The number of hydrogen-bond acceptors (Lipinski definition) is 4. The molecular weight excluding hydrogens is 442 g/mol. The lowest BCUT2D eigenvalue weighted by atomic mass is 10.1. The van der Waals surface area contributed by atoms with Crippen LogP contribution in [0, 0.1) is 19.8 Å². The molecule has 2 heterocycles. The fourth-order valence-electron chi connectivity index (χ4n) is 4.68. The van der Waals surface area contributed by atoms with E-state index in [2.05, 4.69) is 16.4 Å². The number of carbonyl (C=O) groups excluding carboxylic acids is 2. The van der Waals surface area contributed by atoms with Crippen molar-refractivity contribution in [2.24, 2.45) is 5.92 Å². The molecule has 2 aromatic carbocycles. The summed E-state index contributed by atoms with van der Waals surface area (Å²) in [4.78, 5) is 33.8. The zero-order valence-electron chi connectivity index (χ0n) is 18.0. The molecule has 2 fully saturated rings. The van der Waals surface area contributed by atoms with Gasteiger partial charge in [-0.25, -0.2) is 4.98 Å². The van der Waals surface area contributed by atoms with E-state index >= 15 is 0 Å². The van der Waals surface area contributed by atoms with Crippen molar-refractivity contribution in [3.8, 4) is 10.4 Å². The smallest absolute Gasteiger partial charge is 0.274 e. The average molecular weight is 466 g/mol. The summed E-state index contributed by atoms with van der Waals surface area (Å²) < 4.78 is 0. The highest BCUT2D eigenvalue weighted by molar-refractivity contribution is 7.15. The van der Waals surface area contributed by atoms with Gasteiger partial charge < -0.3 is 10.2 Å². The van der Waals surface area contributed by atoms with E-state index in [9.17, 15) is 9.59 Å². The molecule has 1 N–H and O–H groups in total. The van der Waals surface area contributed by atoms with E-state index in [1.807, 2.05) is 36.9 Å². The van der Waals surface area contributed by atoms with Gasteiger partial charge in [-0.05, 0) is 50.3 Å². The lowest BCUT2D eigenvalue weighted by molar-refractivity contribution is 0.0684. The number of aromatic nitrogens is 1. The normalized spacial score (nSPS) is 21.3. The van der Waals surface area contributed by atoms with Gasteiger partial charge in [-0.1, -0.05) is 53.6 Å². The van der Waals surface area contributed by atoms with Crippen molar-refractivity contribution in [2.45, 2.75) is 38.8 Å². The summed E-state index contributed by atoms with van der Waals surface area (Å²) >= 11 is 7.71. The summed E-state index contributed by atoms with van der Waals surface area (Å²) in [7, 11) is 0. The minimum atomic E-state index is -0.214. The molecule has 1 saturated carbocycles. The first kappa shape index (κ1) is 21.2. The zero-order chi connectivity index (χ0) is 22.4. The molecule has 1 unspecified atom stereocenters. The van der Waals surface area contributed by atoms with Crippen molar-refractivity contribution in [1.82, 2.24) is 15.2 Å². The standard InChI is InChI=1S/C25H24ClN3O2S/c1-14-6-5-7-16(10-14)23-22(28-15(2)32-23)25(31)29-18(11-17-12-21(17)29)13-27-24(30)19-8-3-4-9-20(19)26/h3-10,17-18,21H,11-13H2,1-2H3,(H,27,30)/t17-,18+,21?/m1/s1. The molecule has 3 atom stereocenters. The van der Waals surface area contributed by atoms with Crippen LogP contribution >= 0.6 is 22.9 Å². The van der Waals surface area contributed by atoms with Gasteiger partial charge in [-0.3, -0.25) is 9.59 Å². The van der Waals surface area contributed by atoms with Crippen LogP contribution in [0.2, 0.25) is 5.02 Å². The number of thiazole rings is 1. The molecular formula is C25H24ClN3O2S. The molecule has 164 valence electrons. The van der Waals surface area contributed by atoms with E-state index in [0.717, 1.165) is 33.9 Å². The Morgan fingerprint density at radius 2 is 1.97 bits per heavy atom. The molecule has 3 aromatic rings. The molecule has 5 rings (SSSR count).